The molecule has 0 aromatic heterocycles. The van der Waals surface area contributed by atoms with E-state index < -0.39 is 6.04 Å². The Hall–Kier alpha value is -3.02. The van der Waals surface area contributed by atoms with Gasteiger partial charge in [0.2, 0.25) is 11.8 Å². The standard InChI is InChI=1S/C25H33N2O4/c1-16(2)24(25(29)26-23-17(3)9-8-10-18(23)4)27(19(5)28)14-13-20-11-12-21(30-6)22(15-20)31-7/h8-12,15-16,24H,5,13-14H2,1-4,6-7H3,(H,26,29). The normalized spacial score (nSPS) is 11.7. The van der Waals surface area contributed by atoms with Gasteiger partial charge in [-0.25, -0.2) is 0 Å². The summed E-state index contributed by atoms with van der Waals surface area (Å²) in [6.45, 7) is 11.7. The number of carbonyl (C=O) groups is 2. The third-order valence-electron chi connectivity index (χ3n) is 5.37. The van der Waals surface area contributed by atoms with Gasteiger partial charge in [0.25, 0.3) is 0 Å². The smallest absolute Gasteiger partial charge is 0.247 e. The van der Waals surface area contributed by atoms with Crippen molar-refractivity contribution in [2.45, 2.75) is 40.2 Å². The molecule has 0 fully saturated rings. The Kier molecular flexibility index (Phi) is 8.48. The van der Waals surface area contributed by atoms with Gasteiger partial charge in [-0.1, -0.05) is 38.1 Å². The Labute approximate surface area is 185 Å². The maximum atomic E-state index is 13.2. The highest BCUT2D eigenvalue weighted by Crippen LogP contribution is 2.28. The fourth-order valence-electron chi connectivity index (χ4n) is 3.72. The van der Waals surface area contributed by atoms with Crippen molar-refractivity contribution in [3.8, 4) is 11.5 Å². The molecule has 2 aromatic rings. The van der Waals surface area contributed by atoms with Crippen LogP contribution >= 0.6 is 0 Å². The zero-order valence-electron chi connectivity index (χ0n) is 19.3. The number of hydrogen-bond donors (Lipinski definition) is 1. The van der Waals surface area contributed by atoms with E-state index in [0.717, 1.165) is 22.4 Å². The molecule has 1 radical (unpaired) electrons. The molecule has 0 saturated heterocycles. The lowest BCUT2D eigenvalue weighted by Gasteiger charge is -2.33. The van der Waals surface area contributed by atoms with Gasteiger partial charge >= 0.3 is 0 Å². The van der Waals surface area contributed by atoms with Crippen molar-refractivity contribution < 1.29 is 19.1 Å². The minimum atomic E-state index is -0.635. The Morgan fingerprint density at radius 1 is 1.03 bits per heavy atom. The monoisotopic (exact) mass is 425 g/mol. The van der Waals surface area contributed by atoms with E-state index in [9.17, 15) is 9.59 Å². The molecule has 0 aliphatic heterocycles. The first-order chi connectivity index (χ1) is 14.7. The molecule has 1 unspecified atom stereocenters. The van der Waals surface area contributed by atoms with E-state index in [1.54, 1.807) is 19.1 Å². The molecule has 2 aromatic carbocycles. The highest BCUT2D eigenvalue weighted by molar-refractivity contribution is 5.98. The number of carbonyl (C=O) groups excluding carboxylic acids is 2. The molecule has 1 atom stereocenters. The van der Waals surface area contributed by atoms with E-state index >= 15 is 0 Å². The molecule has 0 heterocycles. The lowest BCUT2D eigenvalue weighted by Crippen LogP contribution is -2.50. The summed E-state index contributed by atoms with van der Waals surface area (Å²) in [5.74, 6) is 0.595. The molecule has 1 N–H and O–H groups in total. The van der Waals surface area contributed by atoms with Crippen LogP contribution in [-0.4, -0.2) is 43.5 Å². The number of aryl methyl sites for hydroxylation is 2. The molecular formula is C25H33N2O4. The number of rotatable bonds is 9. The van der Waals surface area contributed by atoms with E-state index in [2.05, 4.69) is 12.2 Å². The average Bonchev–Trinajstić information content (AvgIpc) is 2.72. The predicted octanol–water partition coefficient (Wildman–Crippen LogP) is 4.19. The zero-order chi connectivity index (χ0) is 23.1. The van der Waals surface area contributed by atoms with Crippen LogP contribution in [0.2, 0.25) is 0 Å². The number of ether oxygens (including phenoxy) is 2. The Bertz CT molecular complexity index is 903. The van der Waals surface area contributed by atoms with E-state index in [0.29, 0.717) is 24.5 Å². The van der Waals surface area contributed by atoms with Gasteiger partial charge in [-0.3, -0.25) is 9.59 Å². The number of nitrogens with one attached hydrogen (secondary N) is 1. The molecule has 0 bridgehead atoms. The molecule has 6 heteroatoms. The number of anilines is 1. The van der Waals surface area contributed by atoms with Gasteiger partial charge in [0.05, 0.1) is 14.2 Å². The molecule has 0 aliphatic rings. The minimum Gasteiger partial charge on any atom is -0.493 e. The molecule has 0 spiro atoms. The molecule has 0 aliphatic carbocycles. The molecule has 2 amide bonds. The van der Waals surface area contributed by atoms with E-state index in [1.165, 1.54) is 0 Å². The first kappa shape index (κ1) is 24.3. The van der Waals surface area contributed by atoms with E-state index in [-0.39, 0.29) is 17.7 Å². The van der Waals surface area contributed by atoms with Crippen molar-refractivity contribution in [1.29, 1.82) is 0 Å². The van der Waals surface area contributed by atoms with Gasteiger partial charge in [-0.05, 0) is 55.0 Å². The van der Waals surface area contributed by atoms with E-state index in [4.69, 9.17) is 9.47 Å². The third kappa shape index (κ3) is 6.00. The summed E-state index contributed by atoms with van der Waals surface area (Å²) in [5, 5.41) is 3.03. The number of hydrogen-bond acceptors (Lipinski definition) is 4. The van der Waals surface area contributed by atoms with Crippen LogP contribution in [-0.2, 0) is 16.0 Å². The second-order valence-electron chi connectivity index (χ2n) is 7.97. The summed E-state index contributed by atoms with van der Waals surface area (Å²) < 4.78 is 10.6. The van der Waals surface area contributed by atoms with Gasteiger partial charge in [-0.2, -0.15) is 0 Å². The van der Waals surface area contributed by atoms with Crippen LogP contribution in [0.4, 0.5) is 5.69 Å². The van der Waals surface area contributed by atoms with Crippen molar-refractivity contribution in [2.75, 3.05) is 26.1 Å². The number of nitrogens with zero attached hydrogens (tertiary/aromatic N) is 1. The van der Waals surface area contributed by atoms with Crippen LogP contribution in [0, 0.1) is 26.7 Å². The maximum absolute atomic E-state index is 13.2. The molecule has 2 rings (SSSR count). The third-order valence-corrected chi connectivity index (χ3v) is 5.37. The highest BCUT2D eigenvalue weighted by Gasteiger charge is 2.31. The van der Waals surface area contributed by atoms with Gasteiger partial charge in [0.15, 0.2) is 11.5 Å². The number of benzene rings is 2. The van der Waals surface area contributed by atoms with Crippen LogP contribution in [0.3, 0.4) is 0 Å². The van der Waals surface area contributed by atoms with Gasteiger partial charge in [0, 0.05) is 19.2 Å². The fourth-order valence-corrected chi connectivity index (χ4v) is 3.72. The summed E-state index contributed by atoms with van der Waals surface area (Å²) >= 11 is 0. The summed E-state index contributed by atoms with van der Waals surface area (Å²) in [7, 11) is 3.17. The van der Waals surface area contributed by atoms with Crippen LogP contribution in [0.1, 0.15) is 30.5 Å². The maximum Gasteiger partial charge on any atom is 0.247 e. The SMILES string of the molecule is [CH2]C(=O)N(CCc1ccc(OC)c(OC)c1)C(C(=O)Nc1c(C)cccc1C)C(C)C. The average molecular weight is 426 g/mol. The lowest BCUT2D eigenvalue weighted by molar-refractivity contribution is -0.136. The van der Waals surface area contributed by atoms with Gasteiger partial charge in [0.1, 0.15) is 6.04 Å². The Morgan fingerprint density at radius 2 is 1.65 bits per heavy atom. The summed E-state index contributed by atoms with van der Waals surface area (Å²) in [6.07, 6.45) is 0.557. The lowest BCUT2D eigenvalue weighted by atomic mass is 9.99. The van der Waals surface area contributed by atoms with Crippen LogP contribution < -0.4 is 14.8 Å². The van der Waals surface area contributed by atoms with Gasteiger partial charge in [-0.15, -0.1) is 0 Å². The van der Waals surface area contributed by atoms with Crippen molar-refractivity contribution in [3.63, 3.8) is 0 Å². The number of methoxy groups -OCH3 is 2. The van der Waals surface area contributed by atoms with Crippen LogP contribution in [0.5, 0.6) is 11.5 Å². The first-order valence-corrected chi connectivity index (χ1v) is 10.4. The molecule has 0 saturated carbocycles. The molecule has 167 valence electrons. The van der Waals surface area contributed by atoms with Crippen molar-refractivity contribution in [2.24, 2.45) is 5.92 Å². The molecule has 6 nitrogen and oxygen atoms in total. The van der Waals surface area contributed by atoms with Gasteiger partial charge < -0.3 is 19.7 Å². The quantitative estimate of drug-likeness (QED) is 0.654. The highest BCUT2D eigenvalue weighted by atomic mass is 16.5. The molecule has 31 heavy (non-hydrogen) atoms. The second kappa shape index (κ2) is 10.8. The predicted molar refractivity (Wildman–Crippen MR) is 123 cm³/mol. The van der Waals surface area contributed by atoms with Crippen molar-refractivity contribution in [3.05, 3.63) is 60.0 Å². The number of para-hydroxylation sites is 1. The van der Waals surface area contributed by atoms with Crippen LogP contribution in [0.15, 0.2) is 36.4 Å². The zero-order valence-corrected chi connectivity index (χ0v) is 19.3. The molecular weight excluding hydrogens is 392 g/mol. The van der Waals surface area contributed by atoms with Crippen molar-refractivity contribution in [1.82, 2.24) is 4.90 Å². The topological polar surface area (TPSA) is 67.9 Å². The Morgan fingerprint density at radius 3 is 2.16 bits per heavy atom. The van der Waals surface area contributed by atoms with Crippen molar-refractivity contribution >= 4 is 17.5 Å². The number of amides is 2. The summed E-state index contributed by atoms with van der Waals surface area (Å²) in [6, 6.07) is 10.9. The minimum absolute atomic E-state index is 0.0829. The Balaban J connectivity index is 2.23. The summed E-state index contributed by atoms with van der Waals surface area (Å²) in [4.78, 5) is 27.2. The van der Waals surface area contributed by atoms with E-state index in [1.807, 2.05) is 64.1 Å². The summed E-state index contributed by atoms with van der Waals surface area (Å²) in [5.41, 5.74) is 3.72. The largest absolute Gasteiger partial charge is 0.493 e. The fraction of sp³-hybridized carbons (Fsp3) is 0.400. The first-order valence-electron chi connectivity index (χ1n) is 10.4. The second-order valence-corrected chi connectivity index (χ2v) is 7.97. The van der Waals surface area contributed by atoms with Crippen LogP contribution in [0.25, 0.3) is 0 Å².